The van der Waals surface area contributed by atoms with E-state index in [4.69, 9.17) is 5.73 Å². The van der Waals surface area contributed by atoms with Crippen LogP contribution in [0.1, 0.15) is 20.8 Å². The van der Waals surface area contributed by atoms with Gasteiger partial charge in [0.25, 0.3) is 5.91 Å². The minimum atomic E-state index is -1.02. The van der Waals surface area contributed by atoms with Crippen LogP contribution in [-0.4, -0.2) is 20.9 Å². The molecule has 11 heteroatoms. The van der Waals surface area contributed by atoms with Gasteiger partial charge in [0.05, 0.1) is 23.8 Å². The van der Waals surface area contributed by atoms with Gasteiger partial charge in [0, 0.05) is 21.7 Å². The van der Waals surface area contributed by atoms with Crippen LogP contribution in [0.2, 0.25) is 0 Å². The number of carbonyl (C=O) groups is 1. The van der Waals surface area contributed by atoms with E-state index in [1.807, 2.05) is 30.3 Å². The number of hydrogen-bond donors (Lipinski definition) is 3. The van der Waals surface area contributed by atoms with Gasteiger partial charge < -0.3 is 16.4 Å². The van der Waals surface area contributed by atoms with Gasteiger partial charge in [-0.15, -0.1) is 11.3 Å². The van der Waals surface area contributed by atoms with Crippen LogP contribution >= 0.6 is 11.3 Å². The SMILES string of the molecule is Nc1ncnc2ccc(-c3ccc(CNc4ncc(F)cc4C(=O)NCc4ccc(F)c(F)c4)s3)cc12. The second kappa shape index (κ2) is 10.2. The number of benzene rings is 2. The van der Waals surface area contributed by atoms with Gasteiger partial charge in [-0.1, -0.05) is 12.1 Å². The number of fused-ring (bicyclic) bond motifs is 1. The molecule has 5 aromatic rings. The number of halogens is 3. The maximum absolute atomic E-state index is 13.9. The predicted molar refractivity (Wildman–Crippen MR) is 136 cm³/mol. The Balaban J connectivity index is 1.29. The summed E-state index contributed by atoms with van der Waals surface area (Å²) in [5.41, 5.74) is 8.05. The summed E-state index contributed by atoms with van der Waals surface area (Å²) in [7, 11) is 0. The highest BCUT2D eigenvalue weighted by Gasteiger charge is 2.15. The van der Waals surface area contributed by atoms with Gasteiger partial charge in [0.1, 0.15) is 23.8 Å². The van der Waals surface area contributed by atoms with Crippen molar-refractivity contribution >= 4 is 39.8 Å². The van der Waals surface area contributed by atoms with Crippen LogP contribution in [0.15, 0.2) is 67.1 Å². The molecule has 0 unspecified atom stereocenters. The van der Waals surface area contributed by atoms with E-state index in [1.54, 1.807) is 0 Å². The van der Waals surface area contributed by atoms with Crippen molar-refractivity contribution in [1.82, 2.24) is 20.3 Å². The fraction of sp³-hybridized carbons (Fsp3) is 0.0769. The first-order valence-corrected chi connectivity index (χ1v) is 11.9. The molecule has 1 amide bonds. The molecular weight excluding hydrogens is 501 g/mol. The Hall–Kier alpha value is -4.51. The zero-order valence-corrected chi connectivity index (χ0v) is 20.0. The van der Waals surface area contributed by atoms with Gasteiger partial charge in [0.2, 0.25) is 0 Å². The summed E-state index contributed by atoms with van der Waals surface area (Å²) in [5.74, 6) is -2.69. The Morgan fingerprint density at radius 1 is 0.919 bits per heavy atom. The third-order valence-electron chi connectivity index (χ3n) is 5.58. The molecule has 4 N–H and O–H groups in total. The van der Waals surface area contributed by atoms with E-state index >= 15 is 0 Å². The molecule has 2 aromatic carbocycles. The number of nitrogens with one attached hydrogen (secondary N) is 2. The summed E-state index contributed by atoms with van der Waals surface area (Å²) in [6.07, 6.45) is 2.43. The molecule has 0 aliphatic carbocycles. The van der Waals surface area contributed by atoms with Crippen LogP contribution in [0.5, 0.6) is 0 Å². The molecule has 3 aromatic heterocycles. The van der Waals surface area contributed by atoms with Gasteiger partial charge in [0.15, 0.2) is 11.6 Å². The zero-order valence-electron chi connectivity index (χ0n) is 19.1. The van der Waals surface area contributed by atoms with E-state index in [0.29, 0.717) is 17.9 Å². The van der Waals surface area contributed by atoms with Gasteiger partial charge in [-0.05, 0) is 53.6 Å². The first kappa shape index (κ1) is 24.2. The molecule has 0 saturated carbocycles. The second-order valence-electron chi connectivity index (χ2n) is 8.09. The van der Waals surface area contributed by atoms with Crippen molar-refractivity contribution in [2.75, 3.05) is 11.1 Å². The van der Waals surface area contributed by atoms with E-state index in [-0.39, 0.29) is 17.9 Å². The lowest BCUT2D eigenvalue weighted by Crippen LogP contribution is -2.24. The Bertz CT molecular complexity index is 1620. The van der Waals surface area contributed by atoms with E-state index in [9.17, 15) is 18.0 Å². The Kier molecular flexibility index (Phi) is 6.69. The monoisotopic (exact) mass is 520 g/mol. The van der Waals surface area contributed by atoms with Crippen LogP contribution in [0.4, 0.5) is 24.8 Å². The number of pyridine rings is 1. The molecule has 186 valence electrons. The lowest BCUT2D eigenvalue weighted by molar-refractivity contribution is 0.0951. The molecular formula is C26H19F3N6OS. The first-order valence-electron chi connectivity index (χ1n) is 11.1. The van der Waals surface area contributed by atoms with Crippen molar-refractivity contribution in [3.63, 3.8) is 0 Å². The Morgan fingerprint density at radius 3 is 2.62 bits per heavy atom. The van der Waals surface area contributed by atoms with Crippen molar-refractivity contribution in [2.45, 2.75) is 13.1 Å². The zero-order chi connectivity index (χ0) is 25.9. The summed E-state index contributed by atoms with van der Waals surface area (Å²) in [5, 5.41) is 6.42. The number of amides is 1. The van der Waals surface area contributed by atoms with E-state index in [2.05, 4.69) is 25.6 Å². The third-order valence-corrected chi connectivity index (χ3v) is 6.71. The molecule has 0 radical (unpaired) electrons. The number of aromatic nitrogens is 3. The maximum Gasteiger partial charge on any atom is 0.255 e. The van der Waals surface area contributed by atoms with Crippen LogP contribution in [0.3, 0.4) is 0 Å². The fourth-order valence-corrected chi connectivity index (χ4v) is 4.65. The number of nitrogen functional groups attached to an aromatic ring is 1. The highest BCUT2D eigenvalue weighted by atomic mass is 32.1. The Morgan fingerprint density at radius 2 is 1.78 bits per heavy atom. The van der Waals surface area contributed by atoms with Gasteiger partial charge in [-0.25, -0.2) is 28.1 Å². The van der Waals surface area contributed by atoms with Gasteiger partial charge in [-0.3, -0.25) is 4.79 Å². The fourth-order valence-electron chi connectivity index (χ4n) is 3.71. The number of thiophene rings is 1. The van der Waals surface area contributed by atoms with Gasteiger partial charge in [-0.2, -0.15) is 0 Å². The molecule has 0 aliphatic heterocycles. The molecule has 0 spiro atoms. The highest BCUT2D eigenvalue weighted by molar-refractivity contribution is 7.15. The first-order chi connectivity index (χ1) is 17.9. The normalized spacial score (nSPS) is 11.0. The number of anilines is 2. The summed E-state index contributed by atoms with van der Waals surface area (Å²) in [6, 6.07) is 14.1. The van der Waals surface area contributed by atoms with Crippen LogP contribution in [0.25, 0.3) is 21.3 Å². The van der Waals surface area contributed by atoms with Crippen molar-refractivity contribution in [3.8, 4) is 10.4 Å². The minimum absolute atomic E-state index is 0.00984. The quantitative estimate of drug-likeness (QED) is 0.269. The number of carbonyl (C=O) groups excluding carboxylic acids is 1. The van der Waals surface area contributed by atoms with E-state index in [0.717, 1.165) is 50.6 Å². The van der Waals surface area contributed by atoms with Crippen LogP contribution in [0, 0.1) is 17.5 Å². The number of nitrogens with two attached hydrogens (primary N) is 1. The molecule has 0 bridgehead atoms. The molecule has 0 saturated heterocycles. The van der Waals surface area contributed by atoms with Crippen molar-refractivity contribution in [3.05, 3.63) is 101 Å². The minimum Gasteiger partial charge on any atom is -0.383 e. The predicted octanol–water partition coefficient (Wildman–Crippen LogP) is 5.29. The standard InChI is InChI=1S/C26H19F3N6OS/c27-16-9-19(26(36)33-10-14-1-4-20(28)21(29)7-14)25(31-11-16)32-12-17-3-6-23(37-17)15-2-5-22-18(8-15)24(30)35-13-34-22/h1-9,11,13H,10,12H2,(H,31,32)(H,33,36)(H2,30,34,35). The van der Waals surface area contributed by atoms with Crippen LogP contribution < -0.4 is 16.4 Å². The van der Waals surface area contributed by atoms with Crippen LogP contribution in [-0.2, 0) is 13.1 Å². The number of nitrogens with zero attached hydrogens (tertiary/aromatic N) is 3. The van der Waals surface area contributed by atoms with E-state index < -0.39 is 23.4 Å². The second-order valence-corrected chi connectivity index (χ2v) is 9.26. The maximum atomic E-state index is 13.9. The molecule has 0 fully saturated rings. The molecule has 3 heterocycles. The number of hydrogen-bond acceptors (Lipinski definition) is 7. The largest absolute Gasteiger partial charge is 0.383 e. The number of rotatable bonds is 7. The lowest BCUT2D eigenvalue weighted by atomic mass is 10.1. The Labute approximate surface area is 213 Å². The van der Waals surface area contributed by atoms with E-state index in [1.165, 1.54) is 23.7 Å². The highest BCUT2D eigenvalue weighted by Crippen LogP contribution is 2.31. The van der Waals surface area contributed by atoms with Gasteiger partial charge >= 0.3 is 0 Å². The topological polar surface area (TPSA) is 106 Å². The molecule has 37 heavy (non-hydrogen) atoms. The lowest BCUT2D eigenvalue weighted by Gasteiger charge is -2.11. The molecule has 0 aliphatic rings. The summed E-state index contributed by atoms with van der Waals surface area (Å²) in [4.78, 5) is 27.0. The molecule has 0 atom stereocenters. The summed E-state index contributed by atoms with van der Waals surface area (Å²) < 4.78 is 40.5. The smallest absolute Gasteiger partial charge is 0.255 e. The average molecular weight is 521 g/mol. The third kappa shape index (κ3) is 5.36. The van der Waals surface area contributed by atoms with Crippen molar-refractivity contribution in [1.29, 1.82) is 0 Å². The summed E-state index contributed by atoms with van der Waals surface area (Å²) >= 11 is 1.53. The summed E-state index contributed by atoms with van der Waals surface area (Å²) in [6.45, 7) is 0.271. The van der Waals surface area contributed by atoms with Crippen molar-refractivity contribution < 1.29 is 18.0 Å². The molecule has 7 nitrogen and oxygen atoms in total. The van der Waals surface area contributed by atoms with Crippen molar-refractivity contribution in [2.24, 2.45) is 0 Å². The average Bonchev–Trinajstić information content (AvgIpc) is 3.37. The molecule has 5 rings (SSSR count).